The molecular formula is C34H44F5N3O4. The van der Waals surface area contributed by atoms with E-state index in [9.17, 15) is 31.5 Å². The molecule has 0 radical (unpaired) electrons. The molecule has 1 amide bonds. The summed E-state index contributed by atoms with van der Waals surface area (Å²) in [5.41, 5.74) is -0.107. The van der Waals surface area contributed by atoms with Crippen LogP contribution in [0, 0.1) is 17.6 Å². The van der Waals surface area contributed by atoms with Crippen molar-refractivity contribution in [2.24, 2.45) is 5.92 Å². The van der Waals surface area contributed by atoms with Crippen LogP contribution in [0.1, 0.15) is 65.5 Å². The molecule has 46 heavy (non-hydrogen) atoms. The number of alkyl halides is 3. The molecule has 0 unspecified atom stereocenters. The fraction of sp³-hybridized carbons (Fsp3) is 0.588. The zero-order valence-corrected chi connectivity index (χ0v) is 27.5. The number of hydrogen-bond acceptors (Lipinski definition) is 6. The van der Waals surface area contributed by atoms with Gasteiger partial charge >= 0.3 is 12.3 Å². The van der Waals surface area contributed by atoms with Crippen LogP contribution in [-0.2, 0) is 20.7 Å². The van der Waals surface area contributed by atoms with Gasteiger partial charge in [0, 0.05) is 56.3 Å². The van der Waals surface area contributed by atoms with Crippen molar-refractivity contribution in [3.8, 4) is 5.75 Å². The first-order valence-corrected chi connectivity index (χ1v) is 15.5. The van der Waals surface area contributed by atoms with Crippen molar-refractivity contribution >= 4 is 11.9 Å². The van der Waals surface area contributed by atoms with Gasteiger partial charge in [0.05, 0.1) is 5.92 Å². The second kappa shape index (κ2) is 13.5. The number of piperazine rings is 1. The van der Waals surface area contributed by atoms with Gasteiger partial charge in [-0.2, -0.15) is 0 Å². The summed E-state index contributed by atoms with van der Waals surface area (Å²) in [6.07, 6.45) is -4.64. The van der Waals surface area contributed by atoms with E-state index in [0.29, 0.717) is 43.9 Å². The molecule has 2 saturated heterocycles. The summed E-state index contributed by atoms with van der Waals surface area (Å²) in [6.45, 7) is 15.1. The highest BCUT2D eigenvalue weighted by Crippen LogP contribution is 2.39. The van der Waals surface area contributed by atoms with Crippen LogP contribution in [0.5, 0.6) is 5.75 Å². The van der Waals surface area contributed by atoms with Gasteiger partial charge in [0.25, 0.3) is 0 Å². The van der Waals surface area contributed by atoms with Gasteiger partial charge < -0.3 is 14.4 Å². The highest BCUT2D eigenvalue weighted by molar-refractivity contribution is 5.81. The van der Waals surface area contributed by atoms with Gasteiger partial charge in [-0.1, -0.05) is 18.2 Å². The molecule has 2 aromatic carbocycles. The van der Waals surface area contributed by atoms with Gasteiger partial charge in [0.1, 0.15) is 29.0 Å². The fourth-order valence-electron chi connectivity index (χ4n) is 6.31. The maximum atomic E-state index is 15.0. The van der Waals surface area contributed by atoms with Gasteiger partial charge in [-0.25, -0.2) is 8.78 Å². The average Bonchev–Trinajstić information content (AvgIpc) is 3.36. The van der Waals surface area contributed by atoms with Crippen molar-refractivity contribution in [2.75, 3.05) is 32.7 Å². The standard InChI is InChI=1S/C34H44F5N3O4/c1-21-18-40(29(31(44)46-33(5,6)7)16-22-8-11-24(12-9-22)45-34(37,38)39)14-15-42(21)30(43)27-20-41(32(2,3)4)19-26(27)25-13-10-23(35)17-28(25)36/h8-13,17,21,26-27,29H,14-16,18-20H2,1-7H3/t21-,26-,27+,29-/m0/s1. The number of rotatable bonds is 7. The van der Waals surface area contributed by atoms with E-state index in [2.05, 4.69) is 9.64 Å². The molecule has 2 aliphatic heterocycles. The van der Waals surface area contributed by atoms with E-state index in [1.54, 1.807) is 25.7 Å². The van der Waals surface area contributed by atoms with Crippen molar-refractivity contribution in [3.05, 3.63) is 65.2 Å². The Balaban J connectivity index is 1.53. The highest BCUT2D eigenvalue weighted by Gasteiger charge is 2.46. The molecule has 4 rings (SSSR count). The summed E-state index contributed by atoms with van der Waals surface area (Å²) < 4.78 is 76.4. The molecule has 12 heteroatoms. The molecule has 254 valence electrons. The van der Waals surface area contributed by atoms with Crippen molar-refractivity contribution < 1.29 is 41.0 Å². The Bertz CT molecular complexity index is 1390. The van der Waals surface area contributed by atoms with Crippen LogP contribution < -0.4 is 4.74 Å². The highest BCUT2D eigenvalue weighted by atomic mass is 19.4. The first-order chi connectivity index (χ1) is 21.2. The maximum absolute atomic E-state index is 15.0. The number of likely N-dealkylation sites (tertiary alicyclic amines) is 1. The average molecular weight is 654 g/mol. The summed E-state index contributed by atoms with van der Waals surface area (Å²) in [5, 5.41) is 0. The molecule has 0 saturated carbocycles. The molecule has 0 bridgehead atoms. The lowest BCUT2D eigenvalue weighted by molar-refractivity contribution is -0.274. The number of ether oxygens (including phenoxy) is 2. The number of hydrogen-bond donors (Lipinski definition) is 0. The van der Waals surface area contributed by atoms with Crippen molar-refractivity contribution in [1.29, 1.82) is 0 Å². The van der Waals surface area contributed by atoms with Crippen LogP contribution >= 0.6 is 0 Å². The zero-order chi connectivity index (χ0) is 34.2. The monoisotopic (exact) mass is 653 g/mol. The molecule has 4 atom stereocenters. The molecule has 2 fully saturated rings. The van der Waals surface area contributed by atoms with E-state index in [-0.39, 0.29) is 29.7 Å². The molecule has 2 aliphatic rings. The Labute approximate surface area is 267 Å². The number of halogens is 5. The third kappa shape index (κ3) is 8.96. The van der Waals surface area contributed by atoms with Crippen molar-refractivity contribution in [3.63, 3.8) is 0 Å². The summed E-state index contributed by atoms with van der Waals surface area (Å²) in [7, 11) is 0. The number of nitrogens with zero attached hydrogens (tertiary/aromatic N) is 3. The van der Waals surface area contributed by atoms with E-state index >= 15 is 0 Å². The largest absolute Gasteiger partial charge is 0.573 e. The van der Waals surface area contributed by atoms with E-state index in [4.69, 9.17) is 4.74 Å². The Morgan fingerprint density at radius 1 is 0.913 bits per heavy atom. The normalized spacial score (nSPS) is 22.5. The predicted octanol–water partition coefficient (Wildman–Crippen LogP) is 6.16. The number of carbonyl (C=O) groups excluding carboxylic acids is 2. The minimum absolute atomic E-state index is 0.123. The molecule has 2 heterocycles. The van der Waals surface area contributed by atoms with Crippen LogP contribution in [0.25, 0.3) is 0 Å². The topological polar surface area (TPSA) is 62.3 Å². The van der Waals surface area contributed by atoms with Gasteiger partial charge in [0.15, 0.2) is 0 Å². The lowest BCUT2D eigenvalue weighted by Gasteiger charge is -2.44. The van der Waals surface area contributed by atoms with Crippen LogP contribution in [0.2, 0.25) is 0 Å². The minimum Gasteiger partial charge on any atom is -0.459 e. The molecule has 7 nitrogen and oxygen atoms in total. The lowest BCUT2D eigenvalue weighted by atomic mass is 9.87. The van der Waals surface area contributed by atoms with E-state index < -0.39 is 47.4 Å². The third-order valence-electron chi connectivity index (χ3n) is 8.60. The zero-order valence-electron chi connectivity index (χ0n) is 27.5. The summed E-state index contributed by atoms with van der Waals surface area (Å²) in [5.74, 6) is -3.32. The van der Waals surface area contributed by atoms with Gasteiger partial charge in [-0.15, -0.1) is 13.2 Å². The Hall–Kier alpha value is -3.25. The van der Waals surface area contributed by atoms with Crippen LogP contribution in [0.3, 0.4) is 0 Å². The molecular weight excluding hydrogens is 609 g/mol. The Morgan fingerprint density at radius 3 is 2.11 bits per heavy atom. The second-order valence-electron chi connectivity index (χ2n) is 14.3. The first-order valence-electron chi connectivity index (χ1n) is 15.5. The van der Waals surface area contributed by atoms with E-state index in [1.165, 1.54) is 36.4 Å². The van der Waals surface area contributed by atoms with Gasteiger partial charge in [0.2, 0.25) is 5.91 Å². The second-order valence-corrected chi connectivity index (χ2v) is 14.3. The summed E-state index contributed by atoms with van der Waals surface area (Å²) >= 11 is 0. The minimum atomic E-state index is -4.81. The van der Waals surface area contributed by atoms with Gasteiger partial charge in [-0.3, -0.25) is 19.4 Å². The third-order valence-corrected chi connectivity index (χ3v) is 8.60. The van der Waals surface area contributed by atoms with Crippen molar-refractivity contribution in [2.45, 2.75) is 90.4 Å². The number of amides is 1. The van der Waals surface area contributed by atoms with Gasteiger partial charge in [-0.05, 0) is 84.2 Å². The first kappa shape index (κ1) is 35.6. The Kier molecular flexibility index (Phi) is 10.4. The maximum Gasteiger partial charge on any atom is 0.573 e. The smallest absolute Gasteiger partial charge is 0.459 e. The lowest BCUT2D eigenvalue weighted by Crippen LogP contribution is -2.60. The van der Waals surface area contributed by atoms with Crippen molar-refractivity contribution in [1.82, 2.24) is 14.7 Å². The number of carbonyl (C=O) groups is 2. The Morgan fingerprint density at radius 2 is 1.57 bits per heavy atom. The number of esters is 1. The quantitative estimate of drug-likeness (QED) is 0.264. The molecule has 0 N–H and O–H groups in total. The van der Waals surface area contributed by atoms with Crippen LogP contribution in [0.4, 0.5) is 22.0 Å². The van der Waals surface area contributed by atoms with Crippen LogP contribution in [-0.4, -0.2) is 88.9 Å². The molecule has 0 spiro atoms. The SMILES string of the molecule is C[C@H]1CN([C@@H](Cc2ccc(OC(F)(F)F)cc2)C(=O)OC(C)(C)C)CCN1C(=O)[C@@H]1CN(C(C)(C)C)C[C@H]1c1ccc(F)cc1F. The van der Waals surface area contributed by atoms with E-state index in [1.807, 2.05) is 32.6 Å². The molecule has 0 aliphatic carbocycles. The fourth-order valence-corrected chi connectivity index (χ4v) is 6.31. The molecule has 0 aromatic heterocycles. The summed E-state index contributed by atoms with van der Waals surface area (Å²) in [6, 6.07) is 7.81. The van der Waals surface area contributed by atoms with E-state index in [0.717, 1.165) is 6.07 Å². The molecule has 2 aromatic rings. The number of benzene rings is 2. The summed E-state index contributed by atoms with van der Waals surface area (Å²) in [4.78, 5) is 33.5. The van der Waals surface area contributed by atoms with Crippen LogP contribution in [0.15, 0.2) is 42.5 Å². The predicted molar refractivity (Wildman–Crippen MR) is 163 cm³/mol.